The molecule has 0 aliphatic carbocycles. The molecule has 10 heteroatoms. The first-order chi connectivity index (χ1) is 18.4. The van der Waals surface area contributed by atoms with Gasteiger partial charge < -0.3 is 14.5 Å². The Bertz CT molecular complexity index is 1120. The first kappa shape index (κ1) is 27.9. The monoisotopic (exact) mass is 573 g/mol. The van der Waals surface area contributed by atoms with E-state index in [0.717, 1.165) is 16.7 Å². The zero-order chi connectivity index (χ0) is 26.6. The van der Waals surface area contributed by atoms with Crippen molar-refractivity contribution in [3.8, 4) is 0 Å². The number of hydrogen-bond acceptors (Lipinski definition) is 6. The molecule has 0 saturated carbocycles. The van der Waals surface area contributed by atoms with Gasteiger partial charge in [0.05, 0.1) is 24.1 Å². The minimum absolute atomic E-state index is 0.0932. The van der Waals surface area contributed by atoms with Crippen LogP contribution in [0.2, 0.25) is 0 Å². The fourth-order valence-corrected chi connectivity index (χ4v) is 7.77. The van der Waals surface area contributed by atoms with Gasteiger partial charge in [-0.1, -0.05) is 91.0 Å². The largest absolute Gasteiger partial charge is 0.366 e. The van der Waals surface area contributed by atoms with Crippen molar-refractivity contribution < 1.29 is 19.0 Å². The lowest BCUT2D eigenvalue weighted by atomic mass is 9.75. The summed E-state index contributed by atoms with van der Waals surface area (Å²) >= 11 is 6.42. The fraction of sp³-hybridized carbons (Fsp3) is 0.357. The molecule has 2 fully saturated rings. The highest BCUT2D eigenvalue weighted by atomic mass is 35.7. The molecule has 4 unspecified atom stereocenters. The molecule has 4 atom stereocenters. The molecule has 202 valence electrons. The van der Waals surface area contributed by atoms with Crippen LogP contribution in [0.5, 0.6) is 0 Å². The molecule has 0 bridgehead atoms. The minimum Gasteiger partial charge on any atom is -0.366 e. The van der Waals surface area contributed by atoms with E-state index in [4.69, 9.17) is 20.5 Å². The molecular formula is C28H34ClN3O4P2. The van der Waals surface area contributed by atoms with Gasteiger partial charge in [-0.25, -0.2) is 4.67 Å². The second-order valence-electron chi connectivity index (χ2n) is 9.66. The van der Waals surface area contributed by atoms with Gasteiger partial charge in [-0.15, -0.1) is 9.24 Å². The third kappa shape index (κ3) is 5.93. The average molecular weight is 574 g/mol. The lowest BCUT2D eigenvalue weighted by molar-refractivity contribution is -0.110. The molecular weight excluding hydrogens is 540 g/mol. The lowest BCUT2D eigenvalue weighted by Crippen LogP contribution is -2.57. The van der Waals surface area contributed by atoms with Gasteiger partial charge >= 0.3 is 6.87 Å². The smallest absolute Gasteiger partial charge is 0.363 e. The van der Waals surface area contributed by atoms with E-state index in [1.165, 1.54) is 5.06 Å². The number of benzene rings is 3. The van der Waals surface area contributed by atoms with Crippen LogP contribution in [0.1, 0.15) is 16.7 Å². The number of ether oxygens (including phenoxy) is 1. The Morgan fingerprint density at radius 1 is 0.868 bits per heavy atom. The number of piperazine rings is 1. The molecule has 3 aromatic rings. The zero-order valence-electron chi connectivity index (χ0n) is 21.2. The van der Waals surface area contributed by atoms with E-state index in [0.29, 0.717) is 39.3 Å². The van der Waals surface area contributed by atoms with Gasteiger partial charge in [0.15, 0.2) is 0 Å². The molecule has 1 N–H and O–H groups in total. The fourth-order valence-electron chi connectivity index (χ4n) is 5.50. The van der Waals surface area contributed by atoms with Crippen LogP contribution in [0.4, 0.5) is 0 Å². The number of halogens is 1. The highest BCUT2D eigenvalue weighted by Gasteiger charge is 2.46. The van der Waals surface area contributed by atoms with Crippen molar-refractivity contribution in [3.05, 3.63) is 108 Å². The van der Waals surface area contributed by atoms with Crippen molar-refractivity contribution in [1.82, 2.24) is 14.6 Å². The molecule has 2 heterocycles. The Morgan fingerprint density at radius 3 is 1.82 bits per heavy atom. The SMILES string of the molecule is O=P(Cl)(OCC1CN(C(c2ccccc2)(c2ccccc2)c2ccccc2)CC(P)O1)N1CCN(O)CC1. The molecule has 2 saturated heterocycles. The summed E-state index contributed by atoms with van der Waals surface area (Å²) in [6, 6.07) is 31.6. The van der Waals surface area contributed by atoms with Crippen molar-refractivity contribution in [1.29, 1.82) is 0 Å². The van der Waals surface area contributed by atoms with E-state index in [1.54, 1.807) is 4.67 Å². The second-order valence-corrected chi connectivity index (χ2v) is 13.4. The summed E-state index contributed by atoms with van der Waals surface area (Å²) in [7, 11) is 2.80. The standard InChI is InChI=1S/C28H34ClN3O4P2/c29-38(34,32-18-16-31(33)17-19-32)35-22-26-20-30(21-27(37)36-26)28(23-10-4-1-5-11-23,24-12-6-2-7-13-24)25-14-8-3-9-15-25/h1-15,26-27,33H,16-22,37H2. The van der Waals surface area contributed by atoms with Crippen molar-refractivity contribution in [3.63, 3.8) is 0 Å². The summed E-state index contributed by atoms with van der Waals surface area (Å²) in [4.78, 5) is 2.44. The van der Waals surface area contributed by atoms with Crippen LogP contribution in [0, 0.1) is 0 Å². The number of nitrogens with zero attached hydrogens (tertiary/aromatic N) is 3. The first-order valence-electron chi connectivity index (χ1n) is 12.9. The summed E-state index contributed by atoms with van der Waals surface area (Å²) in [5, 5.41) is 10.8. The molecule has 5 rings (SSSR count). The van der Waals surface area contributed by atoms with E-state index >= 15 is 0 Å². The van der Waals surface area contributed by atoms with E-state index in [2.05, 4.69) is 86.9 Å². The molecule has 0 spiro atoms. The highest BCUT2D eigenvalue weighted by Crippen LogP contribution is 2.56. The van der Waals surface area contributed by atoms with Gasteiger partial charge in [-0.2, -0.15) is 5.06 Å². The van der Waals surface area contributed by atoms with Crippen LogP contribution in [0.3, 0.4) is 0 Å². The topological polar surface area (TPSA) is 65.5 Å². The van der Waals surface area contributed by atoms with Gasteiger partial charge in [0.2, 0.25) is 0 Å². The minimum atomic E-state index is -3.55. The number of rotatable bonds is 8. The molecule has 0 aromatic heterocycles. The summed E-state index contributed by atoms with van der Waals surface area (Å²) in [6.07, 6.45) is -0.354. The van der Waals surface area contributed by atoms with Gasteiger partial charge in [-0.3, -0.25) is 9.46 Å². The van der Waals surface area contributed by atoms with Crippen molar-refractivity contribution in [2.45, 2.75) is 17.5 Å². The molecule has 7 nitrogen and oxygen atoms in total. The van der Waals surface area contributed by atoms with Gasteiger partial charge in [0.1, 0.15) is 0 Å². The number of morpholine rings is 1. The van der Waals surface area contributed by atoms with Gasteiger partial charge in [-0.05, 0) is 27.9 Å². The van der Waals surface area contributed by atoms with Crippen LogP contribution in [-0.2, 0) is 19.4 Å². The van der Waals surface area contributed by atoms with Crippen LogP contribution >= 0.6 is 27.4 Å². The summed E-state index contributed by atoms with van der Waals surface area (Å²) < 4.78 is 27.0. The molecule has 0 amide bonds. The maximum atomic E-state index is 13.2. The summed E-state index contributed by atoms with van der Waals surface area (Å²) in [5.41, 5.74) is 2.88. The average Bonchev–Trinajstić information content (AvgIpc) is 2.94. The lowest BCUT2D eigenvalue weighted by Gasteiger charge is -2.50. The molecule has 2 aliphatic rings. The van der Waals surface area contributed by atoms with E-state index < -0.39 is 12.4 Å². The molecule has 3 aromatic carbocycles. The normalized spacial score (nSPS) is 23.7. The third-order valence-corrected chi connectivity index (χ3v) is 10.1. The van der Waals surface area contributed by atoms with Crippen molar-refractivity contribution in [2.75, 3.05) is 45.9 Å². The zero-order valence-corrected chi connectivity index (χ0v) is 24.0. The third-order valence-electron chi connectivity index (χ3n) is 7.23. The summed E-state index contributed by atoms with van der Waals surface area (Å²) in [5.74, 6) is -0.166. The van der Waals surface area contributed by atoms with Crippen LogP contribution < -0.4 is 0 Å². The number of hydrogen-bond donors (Lipinski definition) is 1. The van der Waals surface area contributed by atoms with Crippen LogP contribution in [0.15, 0.2) is 91.0 Å². The van der Waals surface area contributed by atoms with Crippen LogP contribution in [0.25, 0.3) is 0 Å². The predicted octanol–water partition coefficient (Wildman–Crippen LogP) is 5.25. The predicted molar refractivity (Wildman–Crippen MR) is 153 cm³/mol. The highest BCUT2D eigenvalue weighted by molar-refractivity contribution is 7.83. The quantitative estimate of drug-likeness (QED) is 0.292. The maximum Gasteiger partial charge on any atom is 0.363 e. The van der Waals surface area contributed by atoms with Crippen LogP contribution in [-0.4, -0.2) is 77.7 Å². The van der Waals surface area contributed by atoms with Gasteiger partial charge in [0.25, 0.3) is 0 Å². The summed E-state index contributed by atoms with van der Waals surface area (Å²) in [6.45, 7) is -0.759. The second kappa shape index (κ2) is 12.3. The molecule has 0 radical (unpaired) electrons. The Labute approximate surface area is 231 Å². The Balaban J connectivity index is 1.48. The maximum absolute atomic E-state index is 13.2. The van der Waals surface area contributed by atoms with Crippen molar-refractivity contribution >= 4 is 27.4 Å². The Kier molecular flexibility index (Phi) is 9.01. The first-order valence-corrected chi connectivity index (χ1v) is 16.0. The van der Waals surface area contributed by atoms with Crippen molar-refractivity contribution in [2.24, 2.45) is 0 Å². The van der Waals surface area contributed by atoms with E-state index in [9.17, 15) is 9.77 Å². The molecule has 2 aliphatic heterocycles. The Hall–Kier alpha value is -1.63. The van der Waals surface area contributed by atoms with Gasteiger partial charge in [0, 0.05) is 39.3 Å². The van der Waals surface area contributed by atoms with E-state index in [-0.39, 0.29) is 18.6 Å². The number of hydroxylamine groups is 2. The van der Waals surface area contributed by atoms with E-state index in [1.807, 2.05) is 18.2 Å². The Morgan fingerprint density at radius 2 is 1.34 bits per heavy atom. The molecule has 38 heavy (non-hydrogen) atoms.